The van der Waals surface area contributed by atoms with Crippen LogP contribution in [0, 0.1) is 0 Å². The van der Waals surface area contributed by atoms with Gasteiger partial charge in [-0.3, -0.25) is 9.59 Å². The summed E-state index contributed by atoms with van der Waals surface area (Å²) in [5.74, 6) is -1.36. The van der Waals surface area contributed by atoms with Gasteiger partial charge in [0.15, 0.2) is 6.61 Å². The Morgan fingerprint density at radius 2 is 2.18 bits per heavy atom. The Balaban J connectivity index is 2.00. The van der Waals surface area contributed by atoms with E-state index in [0.717, 1.165) is 12.8 Å². The fourth-order valence-corrected chi connectivity index (χ4v) is 2.19. The molecule has 1 heterocycles. The molecule has 0 radical (unpaired) electrons. The fourth-order valence-electron chi connectivity index (χ4n) is 2.19. The van der Waals surface area contributed by atoms with E-state index in [1.54, 1.807) is 18.2 Å². The average Bonchev–Trinajstić information content (AvgIpc) is 2.70. The normalized spacial score (nSPS) is 18.0. The highest BCUT2D eigenvalue weighted by Gasteiger charge is 2.22. The molecule has 0 bridgehead atoms. The molecule has 2 rings (SSSR count). The van der Waals surface area contributed by atoms with Crippen LogP contribution in [-0.2, 0) is 9.59 Å². The zero-order chi connectivity index (χ0) is 15.9. The molecule has 1 saturated heterocycles. The Morgan fingerprint density at radius 3 is 2.95 bits per heavy atom. The molecule has 3 N–H and O–H groups in total. The first-order valence-corrected chi connectivity index (χ1v) is 7.09. The topological polar surface area (TPSA) is 105 Å². The Labute approximate surface area is 127 Å². The van der Waals surface area contributed by atoms with Crippen LogP contribution < -0.4 is 15.4 Å². The summed E-state index contributed by atoms with van der Waals surface area (Å²) in [7, 11) is 0. The number of rotatable bonds is 5. The smallest absolute Gasteiger partial charge is 0.341 e. The molecule has 118 valence electrons. The molecule has 7 nitrogen and oxygen atoms in total. The third-order valence-electron chi connectivity index (χ3n) is 3.30. The summed E-state index contributed by atoms with van der Waals surface area (Å²) in [6.07, 6.45) is 2.37. The molecular formula is C15H18N2O5. The van der Waals surface area contributed by atoms with E-state index in [1.165, 1.54) is 6.07 Å². The first kappa shape index (κ1) is 15.8. The number of hydrogen-bond acceptors (Lipinski definition) is 4. The molecule has 0 aromatic heterocycles. The highest BCUT2D eigenvalue weighted by molar-refractivity contribution is 5.97. The van der Waals surface area contributed by atoms with Gasteiger partial charge in [-0.1, -0.05) is 6.07 Å². The molecule has 1 atom stereocenters. The van der Waals surface area contributed by atoms with Crippen molar-refractivity contribution in [2.24, 2.45) is 0 Å². The Kier molecular flexibility index (Phi) is 5.35. The monoisotopic (exact) mass is 306 g/mol. The molecule has 2 amide bonds. The van der Waals surface area contributed by atoms with E-state index >= 15 is 0 Å². The molecular weight excluding hydrogens is 288 g/mol. The van der Waals surface area contributed by atoms with Crippen LogP contribution in [0.15, 0.2) is 24.3 Å². The van der Waals surface area contributed by atoms with Crippen LogP contribution in [-0.4, -0.2) is 42.1 Å². The van der Waals surface area contributed by atoms with E-state index in [-0.39, 0.29) is 11.8 Å². The van der Waals surface area contributed by atoms with Crippen molar-refractivity contribution in [1.29, 1.82) is 0 Å². The van der Waals surface area contributed by atoms with Gasteiger partial charge in [-0.2, -0.15) is 0 Å². The Bertz CT molecular complexity index is 573. The molecule has 1 unspecified atom stereocenters. The summed E-state index contributed by atoms with van der Waals surface area (Å²) in [5, 5.41) is 14.0. The molecule has 1 aliphatic rings. The van der Waals surface area contributed by atoms with E-state index in [0.29, 0.717) is 24.3 Å². The van der Waals surface area contributed by atoms with Gasteiger partial charge >= 0.3 is 5.97 Å². The van der Waals surface area contributed by atoms with Crippen LogP contribution in [0.1, 0.15) is 29.6 Å². The number of carboxylic acid groups (broad SMARTS) is 1. The van der Waals surface area contributed by atoms with Gasteiger partial charge < -0.3 is 20.5 Å². The van der Waals surface area contributed by atoms with Gasteiger partial charge in [-0.15, -0.1) is 0 Å². The van der Waals surface area contributed by atoms with Gasteiger partial charge in [0.25, 0.3) is 5.91 Å². The quantitative estimate of drug-likeness (QED) is 0.737. The molecule has 0 spiro atoms. The second-order valence-corrected chi connectivity index (χ2v) is 5.02. The van der Waals surface area contributed by atoms with Crippen LogP contribution in [0.4, 0.5) is 0 Å². The number of ether oxygens (including phenoxy) is 1. The molecule has 0 saturated carbocycles. The number of amides is 2. The van der Waals surface area contributed by atoms with Crippen molar-refractivity contribution in [3.05, 3.63) is 29.8 Å². The summed E-state index contributed by atoms with van der Waals surface area (Å²) >= 11 is 0. The van der Waals surface area contributed by atoms with Crippen molar-refractivity contribution < 1.29 is 24.2 Å². The minimum atomic E-state index is -1.09. The van der Waals surface area contributed by atoms with Gasteiger partial charge in [-0.25, -0.2) is 4.79 Å². The van der Waals surface area contributed by atoms with Gasteiger partial charge in [0.1, 0.15) is 11.8 Å². The number of aliphatic carboxylic acids is 1. The summed E-state index contributed by atoms with van der Waals surface area (Å²) in [4.78, 5) is 34.5. The van der Waals surface area contributed by atoms with Crippen LogP contribution in [0.3, 0.4) is 0 Å². The number of carboxylic acids is 1. The van der Waals surface area contributed by atoms with Crippen LogP contribution in [0.2, 0.25) is 0 Å². The predicted molar refractivity (Wildman–Crippen MR) is 77.7 cm³/mol. The third kappa shape index (κ3) is 4.47. The maximum Gasteiger partial charge on any atom is 0.341 e. The Morgan fingerprint density at radius 1 is 1.36 bits per heavy atom. The van der Waals surface area contributed by atoms with E-state index in [4.69, 9.17) is 9.84 Å². The number of benzene rings is 1. The van der Waals surface area contributed by atoms with Gasteiger partial charge in [0.2, 0.25) is 5.91 Å². The van der Waals surface area contributed by atoms with E-state index < -0.39 is 18.6 Å². The molecule has 1 aromatic carbocycles. The fraction of sp³-hybridized carbons (Fsp3) is 0.400. The van der Waals surface area contributed by atoms with Crippen molar-refractivity contribution in [3.8, 4) is 5.75 Å². The van der Waals surface area contributed by atoms with Crippen LogP contribution >= 0.6 is 0 Å². The first-order valence-electron chi connectivity index (χ1n) is 7.09. The predicted octanol–water partition coefficient (Wildman–Crippen LogP) is 0.548. The van der Waals surface area contributed by atoms with Crippen molar-refractivity contribution in [2.45, 2.75) is 25.3 Å². The zero-order valence-electron chi connectivity index (χ0n) is 12.0. The lowest BCUT2D eigenvalue weighted by molar-refractivity contribution is -0.139. The maximum atomic E-state index is 12.2. The molecule has 1 fully saturated rings. The number of carbonyl (C=O) groups is 3. The van der Waals surface area contributed by atoms with Crippen molar-refractivity contribution >= 4 is 17.8 Å². The van der Waals surface area contributed by atoms with E-state index in [9.17, 15) is 14.4 Å². The summed E-state index contributed by atoms with van der Waals surface area (Å²) < 4.78 is 5.03. The maximum absolute atomic E-state index is 12.2. The second kappa shape index (κ2) is 7.44. The lowest BCUT2D eigenvalue weighted by Crippen LogP contribution is -2.45. The van der Waals surface area contributed by atoms with Crippen LogP contribution in [0.25, 0.3) is 0 Å². The lowest BCUT2D eigenvalue weighted by Gasteiger charge is -2.15. The molecule has 1 aliphatic heterocycles. The molecule has 0 aliphatic carbocycles. The summed E-state index contributed by atoms with van der Waals surface area (Å²) in [6, 6.07) is 5.65. The standard InChI is InChI=1S/C15H18N2O5/c18-13(19)9-22-11-5-3-4-10(8-11)14(20)17-12-6-1-2-7-16-15(12)21/h3-5,8,12H,1-2,6-7,9H2,(H,16,21)(H,17,20)(H,18,19). The van der Waals surface area contributed by atoms with Crippen molar-refractivity contribution in [1.82, 2.24) is 10.6 Å². The minimum Gasteiger partial charge on any atom is -0.482 e. The van der Waals surface area contributed by atoms with Gasteiger partial charge in [-0.05, 0) is 37.5 Å². The van der Waals surface area contributed by atoms with E-state index in [1.807, 2.05) is 0 Å². The van der Waals surface area contributed by atoms with Gasteiger partial charge in [0, 0.05) is 12.1 Å². The molecule has 1 aromatic rings. The highest BCUT2D eigenvalue weighted by atomic mass is 16.5. The summed E-state index contributed by atoms with van der Waals surface area (Å²) in [5.41, 5.74) is 0.319. The number of hydrogen-bond donors (Lipinski definition) is 3. The van der Waals surface area contributed by atoms with E-state index in [2.05, 4.69) is 10.6 Å². The zero-order valence-corrected chi connectivity index (χ0v) is 12.0. The Hall–Kier alpha value is -2.57. The van der Waals surface area contributed by atoms with Gasteiger partial charge in [0.05, 0.1) is 0 Å². The summed E-state index contributed by atoms with van der Waals surface area (Å²) in [6.45, 7) is 0.153. The second-order valence-electron chi connectivity index (χ2n) is 5.02. The largest absolute Gasteiger partial charge is 0.482 e. The van der Waals surface area contributed by atoms with Crippen molar-refractivity contribution in [3.63, 3.8) is 0 Å². The number of nitrogens with one attached hydrogen (secondary N) is 2. The molecule has 7 heteroatoms. The molecule has 22 heavy (non-hydrogen) atoms. The third-order valence-corrected chi connectivity index (χ3v) is 3.30. The van der Waals surface area contributed by atoms with Crippen LogP contribution in [0.5, 0.6) is 5.75 Å². The first-order chi connectivity index (χ1) is 10.6. The SMILES string of the molecule is O=C(O)COc1cccc(C(=O)NC2CCCCNC2=O)c1. The highest BCUT2D eigenvalue weighted by Crippen LogP contribution is 2.14. The van der Waals surface area contributed by atoms with Crippen molar-refractivity contribution in [2.75, 3.05) is 13.2 Å². The average molecular weight is 306 g/mol. The minimum absolute atomic E-state index is 0.177. The number of carbonyl (C=O) groups excluding carboxylic acids is 2. The lowest BCUT2D eigenvalue weighted by atomic mass is 10.1.